The van der Waals surface area contributed by atoms with Crippen molar-refractivity contribution in [3.05, 3.63) is 5.57 Å². The predicted molar refractivity (Wildman–Crippen MR) is 40.5 cm³/mol. The van der Waals surface area contributed by atoms with Crippen molar-refractivity contribution in [2.45, 2.75) is 32.6 Å². The number of allylic oxidation sites excluding steroid dienone is 1. The highest BCUT2D eigenvalue weighted by Crippen LogP contribution is 2.26. The third-order valence-electron chi connectivity index (χ3n) is 2.06. The number of rotatable bonds is 0. The molecule has 1 fully saturated rings. The Morgan fingerprint density at radius 2 is 2.20 bits per heavy atom. The fourth-order valence-electron chi connectivity index (χ4n) is 1.34. The molecule has 0 bridgehead atoms. The van der Waals surface area contributed by atoms with Crippen LogP contribution >= 0.6 is 0 Å². The highest BCUT2D eigenvalue weighted by Gasteiger charge is 2.14. The Labute approximate surface area is 61.2 Å². The summed E-state index contributed by atoms with van der Waals surface area (Å²) in [6.45, 7) is 2.11. The van der Waals surface area contributed by atoms with E-state index in [1.54, 1.807) is 0 Å². The molecule has 0 aliphatic heterocycles. The molecule has 0 aromatic heterocycles. The van der Waals surface area contributed by atoms with E-state index in [2.05, 4.69) is 6.92 Å². The molecule has 2 nitrogen and oxygen atoms in total. The third kappa shape index (κ3) is 1.98. The lowest BCUT2D eigenvalue weighted by atomic mass is 9.87. The van der Waals surface area contributed by atoms with Crippen molar-refractivity contribution in [2.75, 3.05) is 0 Å². The van der Waals surface area contributed by atoms with E-state index in [9.17, 15) is 4.79 Å². The molecule has 2 heteroatoms. The van der Waals surface area contributed by atoms with E-state index in [4.69, 9.17) is 0 Å². The minimum atomic E-state index is 0. The molecule has 1 atom stereocenters. The van der Waals surface area contributed by atoms with Crippen LogP contribution in [-0.4, -0.2) is 11.4 Å². The highest BCUT2D eigenvalue weighted by atomic mass is 16.1. The van der Waals surface area contributed by atoms with Crippen molar-refractivity contribution >= 4 is 5.94 Å². The van der Waals surface area contributed by atoms with Gasteiger partial charge < -0.3 is 5.48 Å². The molecule has 2 N–H and O–H groups in total. The molecule has 0 aromatic carbocycles. The average molecular weight is 142 g/mol. The number of hydrogen-bond donors (Lipinski definition) is 0. The second-order valence-corrected chi connectivity index (χ2v) is 2.77. The van der Waals surface area contributed by atoms with Crippen molar-refractivity contribution < 1.29 is 10.3 Å². The molecule has 0 spiro atoms. The van der Waals surface area contributed by atoms with Crippen LogP contribution in [0.3, 0.4) is 0 Å². The first-order valence-electron chi connectivity index (χ1n) is 3.58. The molecule has 0 radical (unpaired) electrons. The third-order valence-corrected chi connectivity index (χ3v) is 2.06. The second kappa shape index (κ2) is 4.26. The molecule has 10 heavy (non-hydrogen) atoms. The maximum absolute atomic E-state index is 10.2. The molecule has 58 valence electrons. The topological polar surface area (TPSA) is 48.6 Å². The zero-order chi connectivity index (χ0) is 6.69. The van der Waals surface area contributed by atoms with Crippen LogP contribution in [0.4, 0.5) is 0 Å². The van der Waals surface area contributed by atoms with Gasteiger partial charge in [-0.2, -0.15) is 0 Å². The van der Waals surface area contributed by atoms with Gasteiger partial charge in [0.1, 0.15) is 5.94 Å². The van der Waals surface area contributed by atoms with Gasteiger partial charge in [-0.15, -0.1) is 0 Å². The zero-order valence-electron chi connectivity index (χ0n) is 6.31. The lowest BCUT2D eigenvalue weighted by molar-refractivity contribution is 0.479. The molecular weight excluding hydrogens is 128 g/mol. The van der Waals surface area contributed by atoms with Crippen LogP contribution in [0.2, 0.25) is 0 Å². The van der Waals surface area contributed by atoms with E-state index in [1.165, 1.54) is 19.3 Å². The Hall–Kier alpha value is -0.590. The molecule has 1 rings (SSSR count). The lowest BCUT2D eigenvalue weighted by Crippen LogP contribution is -2.05. The monoisotopic (exact) mass is 142 g/mol. The maximum atomic E-state index is 10.2. The van der Waals surface area contributed by atoms with Crippen LogP contribution in [0.5, 0.6) is 0 Å². The quantitative estimate of drug-likeness (QED) is 0.468. The predicted octanol–water partition coefficient (Wildman–Crippen LogP) is 1.13. The summed E-state index contributed by atoms with van der Waals surface area (Å²) in [6.07, 6.45) is 4.65. The van der Waals surface area contributed by atoms with Crippen molar-refractivity contribution in [1.29, 1.82) is 0 Å². The van der Waals surface area contributed by atoms with Gasteiger partial charge in [0.15, 0.2) is 0 Å². The number of hydrogen-bond acceptors (Lipinski definition) is 1. The van der Waals surface area contributed by atoms with E-state index in [1.807, 2.05) is 5.94 Å². The van der Waals surface area contributed by atoms with Crippen molar-refractivity contribution in [1.82, 2.24) is 0 Å². The van der Waals surface area contributed by atoms with Gasteiger partial charge in [-0.1, -0.05) is 13.3 Å². The minimum Gasteiger partial charge on any atom is -0.412 e. The Bertz CT molecular complexity index is 145. The van der Waals surface area contributed by atoms with Crippen LogP contribution in [0.25, 0.3) is 0 Å². The first-order valence-corrected chi connectivity index (χ1v) is 3.58. The normalized spacial score (nSPS) is 24.9. The molecule has 0 saturated heterocycles. The van der Waals surface area contributed by atoms with Gasteiger partial charge in [0.2, 0.25) is 0 Å². The average Bonchev–Trinajstić information content (AvgIpc) is 1.89. The fraction of sp³-hybridized carbons (Fsp3) is 0.750. The van der Waals surface area contributed by atoms with E-state index in [0.717, 1.165) is 12.0 Å². The fourth-order valence-corrected chi connectivity index (χ4v) is 1.34. The van der Waals surface area contributed by atoms with E-state index >= 15 is 0 Å². The largest absolute Gasteiger partial charge is 0.412 e. The van der Waals surface area contributed by atoms with Gasteiger partial charge in [0.05, 0.1) is 0 Å². The molecule has 0 aromatic rings. The van der Waals surface area contributed by atoms with Gasteiger partial charge in [-0.3, -0.25) is 0 Å². The molecule has 0 heterocycles. The Morgan fingerprint density at radius 1 is 1.50 bits per heavy atom. The van der Waals surface area contributed by atoms with Gasteiger partial charge in [0, 0.05) is 5.57 Å². The molecule has 1 aliphatic rings. The second-order valence-electron chi connectivity index (χ2n) is 2.77. The summed E-state index contributed by atoms with van der Waals surface area (Å²) in [5.41, 5.74) is 1.00. The summed E-state index contributed by atoms with van der Waals surface area (Å²) in [5, 5.41) is 0. The van der Waals surface area contributed by atoms with Gasteiger partial charge in [-0.25, -0.2) is 4.79 Å². The number of carbonyl (C=O) groups excluding carboxylic acids is 1. The summed E-state index contributed by atoms with van der Waals surface area (Å²) in [7, 11) is 0. The van der Waals surface area contributed by atoms with Crippen LogP contribution < -0.4 is 0 Å². The van der Waals surface area contributed by atoms with E-state index in [0.29, 0.717) is 5.92 Å². The first kappa shape index (κ1) is 9.41. The molecule has 1 aliphatic carbocycles. The van der Waals surface area contributed by atoms with E-state index in [-0.39, 0.29) is 5.48 Å². The Morgan fingerprint density at radius 3 is 2.60 bits per heavy atom. The van der Waals surface area contributed by atoms with Crippen LogP contribution in [-0.2, 0) is 4.79 Å². The molecule has 0 amide bonds. The summed E-state index contributed by atoms with van der Waals surface area (Å²) in [6, 6.07) is 0. The Balaban J connectivity index is 0.000000810. The summed E-state index contributed by atoms with van der Waals surface area (Å²) >= 11 is 0. The van der Waals surface area contributed by atoms with Crippen LogP contribution in [0, 0.1) is 5.92 Å². The standard InChI is InChI=1S/C8H12O.H2O/c1-7-4-2-3-5-8(7)6-9;/h7H,2-5H2,1H3;1H2. The van der Waals surface area contributed by atoms with E-state index < -0.39 is 0 Å². The molecular formula is C8H14O2. The zero-order valence-corrected chi connectivity index (χ0v) is 6.31. The summed E-state index contributed by atoms with van der Waals surface area (Å²) < 4.78 is 0. The van der Waals surface area contributed by atoms with Crippen molar-refractivity contribution in [2.24, 2.45) is 5.92 Å². The van der Waals surface area contributed by atoms with Crippen LogP contribution in [0.15, 0.2) is 5.57 Å². The molecule has 1 saturated carbocycles. The van der Waals surface area contributed by atoms with Gasteiger partial charge in [0.25, 0.3) is 0 Å². The van der Waals surface area contributed by atoms with Gasteiger partial charge in [-0.05, 0) is 25.2 Å². The SMILES string of the molecule is CC1CCCCC1=C=O.O. The highest BCUT2D eigenvalue weighted by molar-refractivity contribution is 5.53. The Kier molecular flexibility index (Phi) is 4.01. The maximum Gasteiger partial charge on any atom is 0.123 e. The smallest absolute Gasteiger partial charge is 0.123 e. The lowest BCUT2D eigenvalue weighted by Gasteiger charge is -2.17. The summed E-state index contributed by atoms with van der Waals surface area (Å²) in [4.78, 5) is 10.2. The minimum absolute atomic E-state index is 0. The molecule has 1 unspecified atom stereocenters. The first-order chi connectivity index (χ1) is 4.34. The van der Waals surface area contributed by atoms with Crippen molar-refractivity contribution in [3.63, 3.8) is 0 Å². The van der Waals surface area contributed by atoms with Crippen LogP contribution in [0.1, 0.15) is 32.6 Å². The van der Waals surface area contributed by atoms with Crippen molar-refractivity contribution in [3.8, 4) is 0 Å². The summed E-state index contributed by atoms with van der Waals surface area (Å²) in [5.74, 6) is 2.53. The van der Waals surface area contributed by atoms with Gasteiger partial charge >= 0.3 is 0 Å².